The molecule has 2 N–H and O–H groups in total. The van der Waals surface area contributed by atoms with Crippen molar-refractivity contribution in [3.05, 3.63) is 58.5 Å². The highest BCUT2D eigenvalue weighted by molar-refractivity contribution is 6.02. The van der Waals surface area contributed by atoms with E-state index in [-0.39, 0.29) is 11.4 Å². The lowest BCUT2D eigenvalue weighted by Crippen LogP contribution is -2.17. The summed E-state index contributed by atoms with van der Waals surface area (Å²) in [6.07, 6.45) is 0. The Morgan fingerprint density at radius 3 is 2.45 bits per heavy atom. The second-order valence-electron chi connectivity index (χ2n) is 3.79. The standard InChI is InChI=1S/C13H10F2N2O3/c14-13(15)20-9-6-4-8(5-7-9)16-12(19)10-2-1-3-11(18)17-10/h1-7,13H,(H,16,19)(H,17,18). The molecule has 7 heteroatoms. The maximum absolute atomic E-state index is 12.0. The summed E-state index contributed by atoms with van der Waals surface area (Å²) < 4.78 is 28.1. The van der Waals surface area contributed by atoms with Gasteiger partial charge in [0, 0.05) is 11.8 Å². The zero-order valence-corrected chi connectivity index (χ0v) is 10.1. The molecule has 2 aromatic rings. The fourth-order valence-electron chi connectivity index (χ4n) is 1.50. The number of benzene rings is 1. The van der Waals surface area contributed by atoms with E-state index in [0.29, 0.717) is 5.69 Å². The van der Waals surface area contributed by atoms with Gasteiger partial charge in [0.15, 0.2) is 0 Å². The first-order chi connectivity index (χ1) is 9.54. The van der Waals surface area contributed by atoms with E-state index in [4.69, 9.17) is 0 Å². The summed E-state index contributed by atoms with van der Waals surface area (Å²) in [5.41, 5.74) is 0.102. The van der Waals surface area contributed by atoms with Crippen LogP contribution in [0, 0.1) is 0 Å². The number of anilines is 1. The average molecular weight is 280 g/mol. The van der Waals surface area contributed by atoms with E-state index in [2.05, 4.69) is 15.0 Å². The van der Waals surface area contributed by atoms with Gasteiger partial charge in [-0.1, -0.05) is 6.07 Å². The summed E-state index contributed by atoms with van der Waals surface area (Å²) in [6, 6.07) is 9.62. The molecule has 1 heterocycles. The van der Waals surface area contributed by atoms with Crippen LogP contribution in [0.4, 0.5) is 14.5 Å². The van der Waals surface area contributed by atoms with Gasteiger partial charge < -0.3 is 15.0 Å². The molecule has 1 aromatic heterocycles. The minimum absolute atomic E-state index is 0.00822. The van der Waals surface area contributed by atoms with Crippen molar-refractivity contribution in [3.8, 4) is 5.75 Å². The summed E-state index contributed by atoms with van der Waals surface area (Å²) in [4.78, 5) is 25.2. The second kappa shape index (κ2) is 5.96. The van der Waals surface area contributed by atoms with Gasteiger partial charge in [0.1, 0.15) is 11.4 Å². The van der Waals surface area contributed by atoms with Crippen molar-refractivity contribution in [3.63, 3.8) is 0 Å². The molecule has 20 heavy (non-hydrogen) atoms. The molecule has 1 aromatic carbocycles. The van der Waals surface area contributed by atoms with Crippen molar-refractivity contribution >= 4 is 11.6 Å². The molecule has 0 aliphatic heterocycles. The Balaban J connectivity index is 2.06. The molecule has 0 aliphatic carbocycles. The van der Waals surface area contributed by atoms with Crippen LogP contribution < -0.4 is 15.6 Å². The predicted molar refractivity (Wildman–Crippen MR) is 68.1 cm³/mol. The molecule has 0 aliphatic rings. The van der Waals surface area contributed by atoms with Crippen molar-refractivity contribution in [2.75, 3.05) is 5.32 Å². The number of pyridine rings is 1. The number of carbonyl (C=O) groups excluding carboxylic acids is 1. The minimum atomic E-state index is -2.90. The zero-order chi connectivity index (χ0) is 14.5. The number of halogens is 2. The highest BCUT2D eigenvalue weighted by Crippen LogP contribution is 2.17. The molecule has 1 amide bonds. The summed E-state index contributed by atoms with van der Waals surface area (Å²) in [6.45, 7) is -2.90. The molecule has 5 nitrogen and oxygen atoms in total. The largest absolute Gasteiger partial charge is 0.435 e. The van der Waals surface area contributed by atoms with Crippen LogP contribution in [-0.4, -0.2) is 17.5 Å². The van der Waals surface area contributed by atoms with Gasteiger partial charge in [-0.15, -0.1) is 0 Å². The van der Waals surface area contributed by atoms with Gasteiger partial charge in [-0.25, -0.2) is 0 Å². The molecule has 0 spiro atoms. The van der Waals surface area contributed by atoms with Crippen molar-refractivity contribution in [1.29, 1.82) is 0 Å². The van der Waals surface area contributed by atoms with Crippen molar-refractivity contribution in [2.24, 2.45) is 0 Å². The summed E-state index contributed by atoms with van der Waals surface area (Å²) in [5, 5.41) is 2.51. The molecular formula is C13H10F2N2O3. The summed E-state index contributed by atoms with van der Waals surface area (Å²) in [7, 11) is 0. The van der Waals surface area contributed by atoms with E-state index in [9.17, 15) is 18.4 Å². The zero-order valence-electron chi connectivity index (χ0n) is 10.1. The first kappa shape index (κ1) is 13.7. The fraction of sp³-hybridized carbons (Fsp3) is 0.0769. The number of ether oxygens (including phenoxy) is 1. The molecule has 0 atom stereocenters. The third-order valence-electron chi connectivity index (χ3n) is 2.35. The highest BCUT2D eigenvalue weighted by Gasteiger charge is 2.08. The number of hydrogen-bond donors (Lipinski definition) is 2. The van der Waals surface area contributed by atoms with Gasteiger partial charge in [-0.2, -0.15) is 8.78 Å². The Hall–Kier alpha value is -2.70. The topological polar surface area (TPSA) is 71.2 Å². The highest BCUT2D eigenvalue weighted by atomic mass is 19.3. The lowest BCUT2D eigenvalue weighted by Gasteiger charge is -2.07. The van der Waals surface area contributed by atoms with Crippen LogP contribution >= 0.6 is 0 Å². The monoisotopic (exact) mass is 280 g/mol. The van der Waals surface area contributed by atoms with E-state index in [1.165, 1.54) is 42.5 Å². The first-order valence-corrected chi connectivity index (χ1v) is 5.60. The molecule has 0 unspecified atom stereocenters. The van der Waals surface area contributed by atoms with Crippen LogP contribution in [0.25, 0.3) is 0 Å². The molecular weight excluding hydrogens is 270 g/mol. The lowest BCUT2D eigenvalue weighted by atomic mass is 10.3. The van der Waals surface area contributed by atoms with Crippen molar-refractivity contribution in [2.45, 2.75) is 6.61 Å². The Morgan fingerprint density at radius 2 is 1.85 bits per heavy atom. The number of aromatic nitrogens is 1. The van der Waals surface area contributed by atoms with Crippen molar-refractivity contribution in [1.82, 2.24) is 4.98 Å². The van der Waals surface area contributed by atoms with Gasteiger partial charge >= 0.3 is 6.61 Å². The predicted octanol–water partition coefficient (Wildman–Crippen LogP) is 2.23. The summed E-state index contributed by atoms with van der Waals surface area (Å²) in [5.74, 6) is -0.517. The Morgan fingerprint density at radius 1 is 1.15 bits per heavy atom. The normalized spacial score (nSPS) is 10.3. The molecule has 2 rings (SSSR count). The van der Waals surface area contributed by atoms with Crippen LogP contribution in [0.1, 0.15) is 10.5 Å². The second-order valence-corrected chi connectivity index (χ2v) is 3.79. The molecule has 0 fully saturated rings. The van der Waals surface area contributed by atoms with Crippen molar-refractivity contribution < 1.29 is 18.3 Å². The number of rotatable bonds is 4. The Bertz CT molecular complexity index is 653. The molecule has 0 bridgehead atoms. The maximum atomic E-state index is 12.0. The van der Waals surface area contributed by atoms with Gasteiger partial charge in [0.05, 0.1) is 0 Å². The van der Waals surface area contributed by atoms with Gasteiger partial charge in [0.25, 0.3) is 5.91 Å². The first-order valence-electron chi connectivity index (χ1n) is 5.60. The number of aromatic amines is 1. The maximum Gasteiger partial charge on any atom is 0.387 e. The number of carbonyl (C=O) groups is 1. The van der Waals surface area contributed by atoms with Crippen LogP contribution in [0.2, 0.25) is 0 Å². The van der Waals surface area contributed by atoms with Crippen LogP contribution in [-0.2, 0) is 0 Å². The summed E-state index contributed by atoms with van der Waals surface area (Å²) >= 11 is 0. The minimum Gasteiger partial charge on any atom is -0.435 e. The Kier molecular flexibility index (Phi) is 4.09. The average Bonchev–Trinajstić information content (AvgIpc) is 2.40. The quantitative estimate of drug-likeness (QED) is 0.902. The number of nitrogens with one attached hydrogen (secondary N) is 2. The molecule has 0 saturated carbocycles. The van der Waals surface area contributed by atoms with E-state index < -0.39 is 18.1 Å². The van der Waals surface area contributed by atoms with E-state index >= 15 is 0 Å². The number of amides is 1. The number of H-pyrrole nitrogens is 1. The van der Waals surface area contributed by atoms with Gasteiger partial charge in [-0.05, 0) is 30.3 Å². The van der Waals surface area contributed by atoms with Crippen LogP contribution in [0.3, 0.4) is 0 Å². The van der Waals surface area contributed by atoms with Gasteiger partial charge in [0.2, 0.25) is 5.56 Å². The third-order valence-corrected chi connectivity index (χ3v) is 2.35. The van der Waals surface area contributed by atoms with E-state index in [0.717, 1.165) is 0 Å². The Labute approximate surface area is 112 Å². The number of alkyl halides is 2. The fourth-order valence-corrected chi connectivity index (χ4v) is 1.50. The van der Waals surface area contributed by atoms with E-state index in [1.807, 2.05) is 0 Å². The van der Waals surface area contributed by atoms with Gasteiger partial charge in [-0.3, -0.25) is 9.59 Å². The molecule has 0 saturated heterocycles. The SMILES string of the molecule is O=C(Nc1ccc(OC(F)F)cc1)c1cccc(=O)[nH]1. The van der Waals surface area contributed by atoms with Crippen LogP contribution in [0.5, 0.6) is 5.75 Å². The van der Waals surface area contributed by atoms with Crippen LogP contribution in [0.15, 0.2) is 47.3 Å². The third kappa shape index (κ3) is 3.64. The van der Waals surface area contributed by atoms with E-state index in [1.54, 1.807) is 0 Å². The molecule has 104 valence electrons. The number of hydrogen-bond acceptors (Lipinski definition) is 3. The smallest absolute Gasteiger partial charge is 0.387 e. The molecule has 0 radical (unpaired) electrons. The lowest BCUT2D eigenvalue weighted by molar-refractivity contribution is -0.0498.